The third-order valence-electron chi connectivity index (χ3n) is 5.35. The van der Waals surface area contributed by atoms with Crippen molar-refractivity contribution >= 4 is 17.4 Å². The average molecular weight is 468 g/mol. The van der Waals surface area contributed by atoms with Crippen LogP contribution < -0.4 is 9.47 Å². The van der Waals surface area contributed by atoms with E-state index in [4.69, 9.17) is 14.2 Å². The Hall–Kier alpha value is -3.32. The van der Waals surface area contributed by atoms with E-state index >= 15 is 0 Å². The number of rotatable bonds is 10. The third-order valence-corrected chi connectivity index (χ3v) is 5.35. The number of hydrogen-bond acceptors (Lipinski definition) is 6. The highest BCUT2D eigenvalue weighted by atomic mass is 16.5. The highest BCUT2D eigenvalue weighted by Gasteiger charge is 2.45. The zero-order valence-corrected chi connectivity index (χ0v) is 20.4. The average Bonchev–Trinajstić information content (AvgIpc) is 3.06. The van der Waals surface area contributed by atoms with Gasteiger partial charge in [0, 0.05) is 19.2 Å². The maximum absolute atomic E-state index is 13.0. The lowest BCUT2D eigenvalue weighted by Crippen LogP contribution is -2.32. The highest BCUT2D eigenvalue weighted by molar-refractivity contribution is 6.46. The van der Waals surface area contributed by atoms with Crippen molar-refractivity contribution in [1.82, 2.24) is 4.90 Å². The number of carbonyl (C=O) groups is 2. The predicted octanol–water partition coefficient (Wildman–Crippen LogP) is 4.58. The molecule has 0 bridgehead atoms. The molecule has 1 aliphatic heterocycles. The normalized spacial score (nSPS) is 17.6. The number of ether oxygens (including phenoxy) is 3. The fraction of sp³-hybridized carbons (Fsp3) is 0.407. The Morgan fingerprint density at radius 3 is 2.15 bits per heavy atom. The molecule has 0 spiro atoms. The molecule has 7 nitrogen and oxygen atoms in total. The number of aliphatic hydroxyl groups excluding tert-OH is 1. The molecule has 0 aliphatic carbocycles. The van der Waals surface area contributed by atoms with Crippen LogP contribution in [-0.2, 0) is 14.3 Å². The number of nitrogens with zero attached hydrogens (tertiary/aromatic N) is 1. The van der Waals surface area contributed by atoms with Crippen molar-refractivity contribution in [3.05, 3.63) is 65.2 Å². The molecule has 1 N–H and O–H groups in total. The molecule has 1 saturated heterocycles. The van der Waals surface area contributed by atoms with Crippen LogP contribution in [0.25, 0.3) is 5.76 Å². The van der Waals surface area contributed by atoms with Gasteiger partial charge in [0.1, 0.15) is 17.3 Å². The molecule has 0 radical (unpaired) electrons. The van der Waals surface area contributed by atoms with E-state index in [9.17, 15) is 14.7 Å². The lowest BCUT2D eigenvalue weighted by atomic mass is 9.95. The Kier molecular flexibility index (Phi) is 8.34. The molecule has 1 fully saturated rings. The second-order valence-electron chi connectivity index (χ2n) is 8.95. The minimum atomic E-state index is -0.735. The Labute approximate surface area is 200 Å². The molecule has 7 heteroatoms. The molecule has 3 rings (SSSR count). The largest absolute Gasteiger partial charge is 0.507 e. The topological polar surface area (TPSA) is 85.3 Å². The summed E-state index contributed by atoms with van der Waals surface area (Å²) in [5.74, 6) is 0.134. The van der Waals surface area contributed by atoms with Crippen LogP contribution in [0.2, 0.25) is 0 Å². The molecule has 2 aromatic rings. The van der Waals surface area contributed by atoms with E-state index in [-0.39, 0.29) is 30.6 Å². The van der Waals surface area contributed by atoms with Crippen molar-refractivity contribution in [3.8, 4) is 11.5 Å². The van der Waals surface area contributed by atoms with Gasteiger partial charge in [-0.15, -0.1) is 0 Å². The highest BCUT2D eigenvalue weighted by Crippen LogP contribution is 2.39. The summed E-state index contributed by atoms with van der Waals surface area (Å²) in [5, 5.41) is 11.1. The van der Waals surface area contributed by atoms with E-state index in [1.54, 1.807) is 24.3 Å². The first-order chi connectivity index (χ1) is 16.2. The lowest BCUT2D eigenvalue weighted by Gasteiger charge is -2.25. The van der Waals surface area contributed by atoms with Crippen LogP contribution in [0.15, 0.2) is 54.1 Å². The molecule has 0 aromatic heterocycles. The number of amides is 1. The fourth-order valence-electron chi connectivity index (χ4n) is 3.78. The van der Waals surface area contributed by atoms with Gasteiger partial charge in [0.05, 0.1) is 30.9 Å². The Bertz CT molecular complexity index is 1020. The Morgan fingerprint density at radius 1 is 0.971 bits per heavy atom. The number of Topliss-reactive ketones (excluding diaryl/α,β-unsaturated/α-hetero) is 1. The molecule has 1 unspecified atom stereocenters. The van der Waals surface area contributed by atoms with E-state index < -0.39 is 17.7 Å². The van der Waals surface area contributed by atoms with Crippen molar-refractivity contribution in [1.29, 1.82) is 0 Å². The molecule has 1 heterocycles. The SMILES string of the molecule is COCCN1C(=O)C(=O)/C(=C(\O)c2ccc(OC(C)C)cc2)C1c1ccc(OCC(C)C)cc1. The molecule has 182 valence electrons. The van der Waals surface area contributed by atoms with E-state index in [1.807, 2.05) is 38.1 Å². The van der Waals surface area contributed by atoms with Gasteiger partial charge in [0.2, 0.25) is 0 Å². The van der Waals surface area contributed by atoms with Crippen LogP contribution in [0, 0.1) is 5.92 Å². The van der Waals surface area contributed by atoms with Gasteiger partial charge in [0.15, 0.2) is 0 Å². The summed E-state index contributed by atoms with van der Waals surface area (Å²) in [6.45, 7) is 9.05. The summed E-state index contributed by atoms with van der Waals surface area (Å²) in [4.78, 5) is 27.4. The summed E-state index contributed by atoms with van der Waals surface area (Å²) in [6, 6.07) is 13.3. The van der Waals surface area contributed by atoms with Gasteiger partial charge >= 0.3 is 0 Å². The summed E-state index contributed by atoms with van der Waals surface area (Å²) in [5.41, 5.74) is 1.19. The van der Waals surface area contributed by atoms with Crippen LogP contribution in [0.1, 0.15) is 44.9 Å². The first kappa shape index (κ1) is 25.3. The van der Waals surface area contributed by atoms with Crippen LogP contribution in [0.5, 0.6) is 11.5 Å². The zero-order chi connectivity index (χ0) is 24.8. The van der Waals surface area contributed by atoms with E-state index in [2.05, 4.69) is 13.8 Å². The number of likely N-dealkylation sites (tertiary alicyclic amines) is 1. The Morgan fingerprint density at radius 2 is 1.59 bits per heavy atom. The molecule has 1 atom stereocenters. The minimum Gasteiger partial charge on any atom is -0.507 e. The van der Waals surface area contributed by atoms with Gasteiger partial charge < -0.3 is 24.2 Å². The quantitative estimate of drug-likeness (QED) is 0.313. The monoisotopic (exact) mass is 467 g/mol. The van der Waals surface area contributed by atoms with Crippen LogP contribution in [0.3, 0.4) is 0 Å². The summed E-state index contributed by atoms with van der Waals surface area (Å²) in [7, 11) is 1.53. The summed E-state index contributed by atoms with van der Waals surface area (Å²) < 4.78 is 16.6. The molecule has 34 heavy (non-hydrogen) atoms. The minimum absolute atomic E-state index is 0.0121. The van der Waals surface area contributed by atoms with Crippen molar-refractivity contribution in [3.63, 3.8) is 0 Å². The zero-order valence-electron chi connectivity index (χ0n) is 20.4. The van der Waals surface area contributed by atoms with Crippen LogP contribution >= 0.6 is 0 Å². The standard InChI is InChI=1S/C27H33NO6/c1-17(2)16-33-21-10-6-19(7-11-21)24-23(26(30)27(31)28(24)14-15-32-5)25(29)20-8-12-22(13-9-20)34-18(3)4/h6-13,17-18,24,29H,14-16H2,1-5H3/b25-23-. The van der Waals surface area contributed by atoms with Crippen molar-refractivity contribution in [2.45, 2.75) is 39.8 Å². The first-order valence-corrected chi connectivity index (χ1v) is 11.5. The van der Waals surface area contributed by atoms with Crippen molar-refractivity contribution in [2.24, 2.45) is 5.92 Å². The predicted molar refractivity (Wildman–Crippen MR) is 130 cm³/mol. The number of hydrogen-bond donors (Lipinski definition) is 1. The van der Waals surface area contributed by atoms with Crippen LogP contribution in [-0.4, -0.2) is 54.7 Å². The summed E-state index contributed by atoms with van der Waals surface area (Å²) in [6.07, 6.45) is 0.0121. The molecular formula is C27H33NO6. The van der Waals surface area contributed by atoms with Gasteiger partial charge in [-0.25, -0.2) is 0 Å². The van der Waals surface area contributed by atoms with E-state index in [0.29, 0.717) is 35.2 Å². The number of benzene rings is 2. The van der Waals surface area contributed by atoms with Gasteiger partial charge in [-0.05, 0) is 61.7 Å². The number of methoxy groups -OCH3 is 1. The molecular weight excluding hydrogens is 434 g/mol. The lowest BCUT2D eigenvalue weighted by molar-refractivity contribution is -0.140. The second kappa shape index (κ2) is 11.2. The first-order valence-electron chi connectivity index (χ1n) is 11.5. The summed E-state index contributed by atoms with van der Waals surface area (Å²) >= 11 is 0. The van der Waals surface area contributed by atoms with Gasteiger partial charge in [-0.3, -0.25) is 9.59 Å². The van der Waals surface area contributed by atoms with Crippen molar-refractivity contribution < 1.29 is 28.9 Å². The molecule has 1 aliphatic rings. The number of aliphatic hydroxyl groups is 1. The van der Waals surface area contributed by atoms with Gasteiger partial charge in [-0.2, -0.15) is 0 Å². The van der Waals surface area contributed by atoms with Crippen LogP contribution in [0.4, 0.5) is 0 Å². The maximum Gasteiger partial charge on any atom is 0.295 e. The smallest absolute Gasteiger partial charge is 0.295 e. The Balaban J connectivity index is 2.00. The van der Waals surface area contributed by atoms with E-state index in [1.165, 1.54) is 12.0 Å². The number of ketones is 1. The van der Waals surface area contributed by atoms with Gasteiger partial charge in [0.25, 0.3) is 11.7 Å². The third kappa shape index (κ3) is 5.78. The molecule has 0 saturated carbocycles. The van der Waals surface area contributed by atoms with E-state index in [0.717, 1.165) is 0 Å². The molecule has 1 amide bonds. The van der Waals surface area contributed by atoms with Crippen molar-refractivity contribution in [2.75, 3.05) is 26.9 Å². The number of carbonyl (C=O) groups excluding carboxylic acids is 2. The van der Waals surface area contributed by atoms with Gasteiger partial charge in [-0.1, -0.05) is 26.0 Å². The fourth-order valence-corrected chi connectivity index (χ4v) is 3.78. The second-order valence-corrected chi connectivity index (χ2v) is 8.95. The maximum atomic E-state index is 13.0. The molecule has 2 aromatic carbocycles.